The molecule has 0 bridgehead atoms. The van der Waals surface area contributed by atoms with Crippen LogP contribution in [0.1, 0.15) is 15.9 Å². The van der Waals surface area contributed by atoms with Gasteiger partial charge >= 0.3 is 0 Å². The first kappa shape index (κ1) is 19.3. The fourth-order valence-electron chi connectivity index (χ4n) is 2.89. The number of aromatic nitrogens is 4. The zero-order chi connectivity index (χ0) is 21.4. The summed E-state index contributed by atoms with van der Waals surface area (Å²) in [6.45, 7) is 1.95. The lowest BCUT2D eigenvalue weighted by atomic mass is 10.1. The van der Waals surface area contributed by atoms with Crippen LogP contribution >= 0.6 is 11.6 Å². The third kappa shape index (κ3) is 3.40. The van der Waals surface area contributed by atoms with Crippen LogP contribution in [-0.4, -0.2) is 30.3 Å². The summed E-state index contributed by atoms with van der Waals surface area (Å²) in [6, 6.07) is 11.1. The summed E-state index contributed by atoms with van der Waals surface area (Å²) >= 11 is 5.85. The van der Waals surface area contributed by atoms with Gasteiger partial charge < -0.3 is 0 Å². The average molecular weight is 425 g/mol. The number of nitro groups is 1. The Labute approximate surface area is 173 Å². The minimum Gasteiger partial charge on any atom is -0.267 e. The van der Waals surface area contributed by atoms with Gasteiger partial charge in [0, 0.05) is 11.1 Å². The summed E-state index contributed by atoms with van der Waals surface area (Å²) in [5.41, 5.74) is 3.09. The first-order chi connectivity index (χ1) is 14.3. The summed E-state index contributed by atoms with van der Waals surface area (Å²) in [6.07, 6.45) is 2.46. The number of hydrogen-bond donors (Lipinski definition) is 1. The fraction of sp³-hybridized carbons (Fsp3) is 0.0526. The van der Waals surface area contributed by atoms with Gasteiger partial charge in [0.2, 0.25) is 0 Å². The molecule has 0 atom stereocenters. The van der Waals surface area contributed by atoms with Crippen LogP contribution in [0.25, 0.3) is 16.7 Å². The number of fused-ring (bicyclic) bond motifs is 1. The van der Waals surface area contributed by atoms with E-state index in [4.69, 9.17) is 11.6 Å². The van der Waals surface area contributed by atoms with Gasteiger partial charge in [-0.15, -0.1) is 0 Å². The molecule has 30 heavy (non-hydrogen) atoms. The number of benzene rings is 2. The molecule has 1 amide bonds. The molecule has 0 spiro atoms. The monoisotopic (exact) mass is 424 g/mol. The van der Waals surface area contributed by atoms with Gasteiger partial charge in [0.15, 0.2) is 5.65 Å². The highest BCUT2D eigenvalue weighted by Gasteiger charge is 2.22. The van der Waals surface area contributed by atoms with Crippen LogP contribution in [0.15, 0.2) is 59.8 Å². The topological polar surface area (TPSA) is 125 Å². The predicted octanol–water partition coefficient (Wildman–Crippen LogP) is 2.84. The summed E-state index contributed by atoms with van der Waals surface area (Å²) in [5.74, 6) is -0.877. The van der Waals surface area contributed by atoms with E-state index < -0.39 is 22.1 Å². The van der Waals surface area contributed by atoms with E-state index in [1.807, 2.05) is 31.2 Å². The molecule has 0 unspecified atom stereocenters. The summed E-state index contributed by atoms with van der Waals surface area (Å²) in [4.78, 5) is 40.0. The van der Waals surface area contributed by atoms with Crippen LogP contribution in [0.4, 0.5) is 5.69 Å². The maximum atomic E-state index is 12.8. The number of amides is 1. The molecule has 11 heteroatoms. The molecule has 2 heterocycles. The molecule has 150 valence electrons. The molecular formula is C19H13ClN6O4. The van der Waals surface area contributed by atoms with Gasteiger partial charge in [0.1, 0.15) is 17.3 Å². The molecule has 0 aliphatic carbocycles. The number of nitrogens with one attached hydrogen (secondary N) is 1. The largest absolute Gasteiger partial charge is 0.283 e. The standard InChI is InChI=1S/C19H13ClN6O4/c1-11-2-5-13(6-3-11)25-17-15(9-22-25)19(28)24(10-21-17)23-18(27)14-8-12(20)4-7-16(14)26(29)30/h2-10H,1H3,(H,23,27). The van der Waals surface area contributed by atoms with Crippen molar-refractivity contribution in [3.05, 3.63) is 91.6 Å². The average Bonchev–Trinajstić information content (AvgIpc) is 3.15. The van der Waals surface area contributed by atoms with Crippen molar-refractivity contribution < 1.29 is 9.72 Å². The van der Waals surface area contributed by atoms with Crippen LogP contribution in [0.3, 0.4) is 0 Å². The quantitative estimate of drug-likeness (QED) is 0.396. The van der Waals surface area contributed by atoms with Crippen LogP contribution in [0.2, 0.25) is 5.02 Å². The minimum atomic E-state index is -0.877. The van der Waals surface area contributed by atoms with E-state index in [1.165, 1.54) is 16.9 Å². The number of carbonyl (C=O) groups excluding carboxylic acids is 1. The second kappa shape index (κ2) is 7.41. The molecular weight excluding hydrogens is 412 g/mol. The number of carbonyl (C=O) groups is 1. The fourth-order valence-corrected chi connectivity index (χ4v) is 3.06. The molecule has 0 radical (unpaired) electrons. The number of aryl methyl sites for hydroxylation is 1. The Morgan fingerprint density at radius 2 is 1.93 bits per heavy atom. The van der Waals surface area contributed by atoms with Crippen molar-refractivity contribution in [3.8, 4) is 5.69 Å². The van der Waals surface area contributed by atoms with E-state index in [2.05, 4.69) is 15.5 Å². The molecule has 10 nitrogen and oxygen atoms in total. The second-order valence-electron chi connectivity index (χ2n) is 6.41. The minimum absolute atomic E-state index is 0.144. The molecule has 2 aromatic heterocycles. The lowest BCUT2D eigenvalue weighted by molar-refractivity contribution is -0.385. The van der Waals surface area contributed by atoms with Gasteiger partial charge in [-0.1, -0.05) is 29.3 Å². The van der Waals surface area contributed by atoms with E-state index in [0.717, 1.165) is 34.4 Å². The van der Waals surface area contributed by atoms with Crippen LogP contribution in [0, 0.1) is 17.0 Å². The van der Waals surface area contributed by atoms with Gasteiger partial charge in [-0.25, -0.2) is 14.3 Å². The van der Waals surface area contributed by atoms with E-state index in [9.17, 15) is 19.7 Å². The molecule has 0 aliphatic heterocycles. The highest BCUT2D eigenvalue weighted by Crippen LogP contribution is 2.23. The third-order valence-electron chi connectivity index (χ3n) is 4.39. The maximum absolute atomic E-state index is 12.8. The van der Waals surface area contributed by atoms with Crippen LogP contribution < -0.4 is 11.0 Å². The Hall–Kier alpha value is -4.05. The highest BCUT2D eigenvalue weighted by atomic mass is 35.5. The lowest BCUT2D eigenvalue weighted by Crippen LogP contribution is -2.33. The number of nitrogens with zero attached hydrogens (tertiary/aromatic N) is 5. The molecule has 2 aromatic carbocycles. The zero-order valence-electron chi connectivity index (χ0n) is 15.4. The van der Waals surface area contributed by atoms with Crippen molar-refractivity contribution in [2.75, 3.05) is 5.43 Å². The summed E-state index contributed by atoms with van der Waals surface area (Å²) in [5, 5.41) is 15.7. The lowest BCUT2D eigenvalue weighted by Gasteiger charge is -2.09. The SMILES string of the molecule is Cc1ccc(-n2ncc3c(=O)n(NC(=O)c4cc(Cl)ccc4[N+](=O)[O-])cnc32)cc1. The molecule has 4 rings (SSSR count). The molecule has 4 aromatic rings. The second-order valence-corrected chi connectivity index (χ2v) is 6.84. The van der Waals surface area contributed by atoms with Crippen LogP contribution in [-0.2, 0) is 0 Å². The molecule has 0 saturated heterocycles. The van der Waals surface area contributed by atoms with Gasteiger partial charge in [-0.2, -0.15) is 5.10 Å². The first-order valence-electron chi connectivity index (χ1n) is 8.63. The summed E-state index contributed by atoms with van der Waals surface area (Å²) < 4.78 is 2.35. The van der Waals surface area contributed by atoms with Gasteiger partial charge in [0.05, 0.1) is 16.8 Å². The molecule has 0 aliphatic rings. The first-order valence-corrected chi connectivity index (χ1v) is 9.00. The van der Waals surface area contributed by atoms with Crippen molar-refractivity contribution in [1.29, 1.82) is 0 Å². The Morgan fingerprint density at radius 1 is 1.20 bits per heavy atom. The molecule has 0 fully saturated rings. The number of halogens is 1. The van der Waals surface area contributed by atoms with Gasteiger partial charge in [0.25, 0.3) is 17.2 Å². The maximum Gasteiger partial charge on any atom is 0.283 e. The highest BCUT2D eigenvalue weighted by molar-refractivity contribution is 6.31. The molecule has 1 N–H and O–H groups in total. The van der Waals surface area contributed by atoms with E-state index in [-0.39, 0.29) is 16.0 Å². The normalized spacial score (nSPS) is 10.9. The Balaban J connectivity index is 1.72. The van der Waals surface area contributed by atoms with E-state index in [0.29, 0.717) is 5.65 Å². The van der Waals surface area contributed by atoms with E-state index >= 15 is 0 Å². The Bertz CT molecular complexity index is 1360. The zero-order valence-corrected chi connectivity index (χ0v) is 16.2. The Kier molecular flexibility index (Phi) is 4.76. The van der Waals surface area contributed by atoms with Crippen LogP contribution in [0.5, 0.6) is 0 Å². The predicted molar refractivity (Wildman–Crippen MR) is 110 cm³/mol. The van der Waals surface area contributed by atoms with Crippen molar-refractivity contribution in [3.63, 3.8) is 0 Å². The summed E-state index contributed by atoms with van der Waals surface area (Å²) in [7, 11) is 0. The number of hydrogen-bond acceptors (Lipinski definition) is 6. The Morgan fingerprint density at radius 3 is 2.63 bits per heavy atom. The van der Waals surface area contributed by atoms with Gasteiger partial charge in [-0.05, 0) is 31.2 Å². The van der Waals surface area contributed by atoms with Crippen molar-refractivity contribution in [2.24, 2.45) is 0 Å². The molecule has 0 saturated carbocycles. The number of rotatable bonds is 4. The van der Waals surface area contributed by atoms with Crippen molar-refractivity contribution in [1.82, 2.24) is 19.4 Å². The van der Waals surface area contributed by atoms with Gasteiger partial charge in [-0.3, -0.25) is 25.1 Å². The number of nitro benzene ring substituents is 1. The third-order valence-corrected chi connectivity index (χ3v) is 4.62. The van der Waals surface area contributed by atoms with Crippen molar-refractivity contribution in [2.45, 2.75) is 6.92 Å². The smallest absolute Gasteiger partial charge is 0.267 e. The van der Waals surface area contributed by atoms with Crippen molar-refractivity contribution >= 4 is 34.2 Å². The van der Waals surface area contributed by atoms with E-state index in [1.54, 1.807) is 0 Å².